The van der Waals surface area contributed by atoms with Crippen LogP contribution in [0.3, 0.4) is 0 Å². The molecule has 0 spiro atoms. The first-order valence-electron chi connectivity index (χ1n) is 16.7. The molecular weight excluding hydrogens is 674 g/mol. The van der Waals surface area contributed by atoms with Gasteiger partial charge in [0.25, 0.3) is 0 Å². The third-order valence-corrected chi connectivity index (χ3v) is 9.97. The quantitative estimate of drug-likeness (QED) is 0.109. The Hall–Kier alpha value is -4.00. The minimum absolute atomic E-state index is 0. The van der Waals surface area contributed by atoms with Crippen molar-refractivity contribution in [1.82, 2.24) is 0 Å². The maximum atomic E-state index is 15.8. The topological polar surface area (TPSA) is 0 Å². The number of fused-ring (bicyclic) bond motifs is 7. The summed E-state index contributed by atoms with van der Waals surface area (Å²) in [5.74, 6) is -2.42. The highest BCUT2D eigenvalue weighted by Gasteiger charge is 2.38. The van der Waals surface area contributed by atoms with Gasteiger partial charge in [-0.3, -0.25) is 0 Å². The van der Waals surface area contributed by atoms with Crippen LogP contribution in [0.4, 0.5) is 17.6 Å². The van der Waals surface area contributed by atoms with Gasteiger partial charge in [0.15, 0.2) is 0 Å². The Balaban J connectivity index is 0.00000401. The molecule has 48 heavy (non-hydrogen) atoms. The van der Waals surface area contributed by atoms with E-state index in [0.29, 0.717) is 28.7 Å². The van der Waals surface area contributed by atoms with Crippen molar-refractivity contribution in [3.63, 3.8) is 0 Å². The molecular formula is C42H38BrF4N. The number of benzene rings is 6. The van der Waals surface area contributed by atoms with Crippen LogP contribution in [-0.4, -0.2) is 17.6 Å². The normalized spacial score (nSPS) is 13.5. The van der Waals surface area contributed by atoms with Gasteiger partial charge in [-0.1, -0.05) is 75.2 Å². The van der Waals surface area contributed by atoms with E-state index < -0.39 is 23.3 Å². The third kappa shape index (κ3) is 6.05. The molecule has 246 valence electrons. The van der Waals surface area contributed by atoms with Crippen molar-refractivity contribution in [2.45, 2.75) is 52.6 Å². The second-order valence-corrected chi connectivity index (χ2v) is 13.1. The van der Waals surface area contributed by atoms with Crippen molar-refractivity contribution in [2.24, 2.45) is 0 Å². The van der Waals surface area contributed by atoms with E-state index in [0.717, 1.165) is 106 Å². The van der Waals surface area contributed by atoms with Crippen LogP contribution in [0.2, 0.25) is 0 Å². The second-order valence-electron chi connectivity index (χ2n) is 13.1. The van der Waals surface area contributed by atoms with Crippen LogP contribution in [0, 0.1) is 23.3 Å². The molecule has 0 bridgehead atoms. The summed E-state index contributed by atoms with van der Waals surface area (Å²) in [5, 5.41) is 3.95. The largest absolute Gasteiger partial charge is 1.00 e. The van der Waals surface area contributed by atoms with E-state index in [2.05, 4.69) is 38.1 Å². The predicted molar refractivity (Wildman–Crippen MR) is 185 cm³/mol. The molecule has 0 saturated heterocycles. The lowest BCUT2D eigenvalue weighted by Crippen LogP contribution is -3.00. The smallest absolute Gasteiger partial charge is 0.133 e. The van der Waals surface area contributed by atoms with Crippen LogP contribution in [0.25, 0.3) is 54.9 Å². The van der Waals surface area contributed by atoms with Crippen LogP contribution < -0.4 is 17.0 Å². The summed E-state index contributed by atoms with van der Waals surface area (Å²) in [7, 11) is 0. The van der Waals surface area contributed by atoms with Crippen molar-refractivity contribution in [1.29, 1.82) is 0 Å². The van der Waals surface area contributed by atoms with Gasteiger partial charge >= 0.3 is 0 Å². The first kappa shape index (κ1) is 33.9. The maximum Gasteiger partial charge on any atom is 0.133 e. The van der Waals surface area contributed by atoms with Gasteiger partial charge in [-0.2, -0.15) is 0 Å². The van der Waals surface area contributed by atoms with Gasteiger partial charge in [0.2, 0.25) is 0 Å². The van der Waals surface area contributed by atoms with Crippen molar-refractivity contribution >= 4 is 21.5 Å². The highest BCUT2D eigenvalue weighted by Crippen LogP contribution is 2.50. The van der Waals surface area contributed by atoms with Crippen molar-refractivity contribution in [2.75, 3.05) is 13.1 Å². The number of rotatable bonds is 8. The molecule has 7 rings (SSSR count). The fraction of sp³-hybridized carbons (Fsp3) is 0.238. The molecule has 1 aliphatic heterocycles. The zero-order valence-corrected chi connectivity index (χ0v) is 28.8. The van der Waals surface area contributed by atoms with E-state index in [1.165, 1.54) is 12.1 Å². The summed E-state index contributed by atoms with van der Waals surface area (Å²) in [5.41, 5.74) is 6.28. The molecule has 0 N–H and O–H groups in total. The van der Waals surface area contributed by atoms with Gasteiger partial charge in [-0.15, -0.1) is 0 Å². The number of halogens is 5. The molecule has 0 aliphatic carbocycles. The van der Waals surface area contributed by atoms with E-state index >= 15 is 8.78 Å². The first-order valence-corrected chi connectivity index (χ1v) is 16.7. The van der Waals surface area contributed by atoms with E-state index in [9.17, 15) is 8.78 Å². The van der Waals surface area contributed by atoms with Crippen LogP contribution in [0.1, 0.15) is 50.7 Å². The summed E-state index contributed by atoms with van der Waals surface area (Å²) in [4.78, 5) is 0. The van der Waals surface area contributed by atoms with Crippen molar-refractivity contribution < 1.29 is 39.0 Å². The van der Waals surface area contributed by atoms with Crippen LogP contribution >= 0.6 is 0 Å². The van der Waals surface area contributed by atoms with Crippen LogP contribution in [0.5, 0.6) is 0 Å². The molecule has 0 unspecified atom stereocenters. The van der Waals surface area contributed by atoms with Gasteiger partial charge in [-0.05, 0) is 81.9 Å². The van der Waals surface area contributed by atoms with Gasteiger partial charge in [-0.25, -0.2) is 17.6 Å². The molecule has 0 amide bonds. The lowest BCUT2D eigenvalue weighted by Gasteiger charge is -2.39. The Bertz CT molecular complexity index is 1990. The standard InChI is InChI=1S/C42H38F4N.BrH/c1-3-5-19-47(20-6-4-2)25-37-35(33-17-15-29(43)23-39(33)45)21-27-11-7-9-13-31(27)41(37)42-32-14-10-8-12-28(32)22-36(38(42)26-47)34-18-16-30(44)24-40(34)46;/h7-18,21-24H,3-6,19-20,25-26H2,1-2H3;1H/q+1;/p-1. The van der Waals surface area contributed by atoms with Gasteiger partial charge in [0, 0.05) is 45.5 Å². The Morgan fingerprint density at radius 2 is 0.938 bits per heavy atom. The molecule has 0 aromatic heterocycles. The van der Waals surface area contributed by atoms with Gasteiger partial charge < -0.3 is 21.5 Å². The van der Waals surface area contributed by atoms with E-state index in [1.54, 1.807) is 12.1 Å². The van der Waals surface area contributed by atoms with E-state index in [1.807, 2.05) is 36.4 Å². The van der Waals surface area contributed by atoms with Crippen molar-refractivity contribution in [3.8, 4) is 33.4 Å². The summed E-state index contributed by atoms with van der Waals surface area (Å²) in [6.07, 6.45) is 4.02. The summed E-state index contributed by atoms with van der Waals surface area (Å²) >= 11 is 0. The Morgan fingerprint density at radius 3 is 1.33 bits per heavy atom. The zero-order valence-electron chi connectivity index (χ0n) is 27.2. The third-order valence-electron chi connectivity index (χ3n) is 9.97. The SMILES string of the molecule is CCCC[N+]1(CCCC)Cc2c(-c3ccc(F)cc3F)cc3ccccc3c2-c2c(c(-c3ccc(F)cc3F)cc3ccccc23)C1.[Br-]. The second kappa shape index (κ2) is 13.9. The predicted octanol–water partition coefficient (Wildman–Crippen LogP) is 8.99. The highest BCUT2D eigenvalue weighted by molar-refractivity contribution is 6.12. The monoisotopic (exact) mass is 711 g/mol. The molecule has 1 nitrogen and oxygen atoms in total. The van der Waals surface area contributed by atoms with E-state index in [4.69, 9.17) is 0 Å². The first-order chi connectivity index (χ1) is 22.8. The number of nitrogens with zero attached hydrogens (tertiary/aromatic N) is 1. The molecule has 6 aromatic carbocycles. The Morgan fingerprint density at radius 1 is 0.521 bits per heavy atom. The molecule has 1 aliphatic rings. The van der Waals surface area contributed by atoms with Gasteiger partial charge in [0.05, 0.1) is 13.1 Å². The number of quaternary nitrogens is 1. The van der Waals surface area contributed by atoms with Gasteiger partial charge in [0.1, 0.15) is 36.4 Å². The highest BCUT2D eigenvalue weighted by atomic mass is 79.9. The molecule has 6 aromatic rings. The fourth-order valence-corrected chi connectivity index (χ4v) is 7.72. The van der Waals surface area contributed by atoms with Crippen LogP contribution in [-0.2, 0) is 13.1 Å². The fourth-order valence-electron chi connectivity index (χ4n) is 7.72. The van der Waals surface area contributed by atoms with Crippen molar-refractivity contribution in [3.05, 3.63) is 131 Å². The average Bonchev–Trinajstić information content (AvgIpc) is 3.22. The maximum absolute atomic E-state index is 15.8. The zero-order chi connectivity index (χ0) is 32.7. The summed E-state index contributed by atoms with van der Waals surface area (Å²) < 4.78 is 60.8. The number of unbranched alkanes of at least 4 members (excludes halogenated alkanes) is 2. The molecule has 0 radical (unpaired) electrons. The molecule has 0 fully saturated rings. The molecule has 6 heteroatoms. The number of hydrogen-bond donors (Lipinski definition) is 0. The molecule has 0 saturated carbocycles. The lowest BCUT2D eigenvalue weighted by molar-refractivity contribution is -0.953. The molecule has 1 heterocycles. The minimum Gasteiger partial charge on any atom is -1.00 e. The average molecular weight is 713 g/mol. The summed E-state index contributed by atoms with van der Waals surface area (Å²) in [6, 6.07) is 28.1. The van der Waals surface area contributed by atoms with Crippen LogP contribution in [0.15, 0.2) is 97.1 Å². The van der Waals surface area contributed by atoms with E-state index in [-0.39, 0.29) is 17.0 Å². The lowest BCUT2D eigenvalue weighted by atomic mass is 9.82. The Labute approximate surface area is 290 Å². The number of hydrogen-bond acceptors (Lipinski definition) is 0. The Kier molecular flexibility index (Phi) is 9.78. The minimum atomic E-state index is -0.614. The summed E-state index contributed by atoms with van der Waals surface area (Å²) in [6.45, 7) is 7.45. The molecule has 0 atom stereocenters.